The van der Waals surface area contributed by atoms with E-state index in [0.29, 0.717) is 35.3 Å². The minimum absolute atomic E-state index is 0.0183. The number of aliphatic hydroxyl groups is 1. The fraction of sp³-hybridized carbons (Fsp3) is 0.375. The summed E-state index contributed by atoms with van der Waals surface area (Å²) in [4.78, 5) is 10.8. The standard InChI is InChI=1S/C24H27F2N3O3/c1-14(2)8-16(6-7-30)22-13-24(28-23(27)29(3)32-24)20-11-15(4-5-21(20)31-22)17-9-18(25)12-19(26)10-17/h4-5,8-12,16,22,30H,6-7,13H2,1-3H3,(H2,27,28)/t16?,22-,24+/m1/s1. The van der Waals surface area contributed by atoms with Crippen LogP contribution in [0.1, 0.15) is 32.3 Å². The van der Waals surface area contributed by atoms with Gasteiger partial charge in [0.2, 0.25) is 11.7 Å². The smallest absolute Gasteiger partial charge is 0.221 e. The summed E-state index contributed by atoms with van der Waals surface area (Å²) < 4.78 is 33.9. The molecule has 0 aromatic heterocycles. The first kappa shape index (κ1) is 22.2. The van der Waals surface area contributed by atoms with Gasteiger partial charge in [-0.05, 0) is 55.7 Å². The molecule has 1 unspecified atom stereocenters. The number of benzene rings is 2. The molecule has 2 heterocycles. The summed E-state index contributed by atoms with van der Waals surface area (Å²) in [5.74, 6) is -0.593. The van der Waals surface area contributed by atoms with E-state index in [2.05, 4.69) is 11.1 Å². The lowest BCUT2D eigenvalue weighted by Gasteiger charge is -2.39. The zero-order valence-corrected chi connectivity index (χ0v) is 18.3. The van der Waals surface area contributed by atoms with Gasteiger partial charge in [-0.25, -0.2) is 23.7 Å². The highest BCUT2D eigenvalue weighted by Gasteiger charge is 2.49. The minimum atomic E-state index is -1.14. The minimum Gasteiger partial charge on any atom is -0.489 e. The van der Waals surface area contributed by atoms with Crippen molar-refractivity contribution >= 4 is 5.96 Å². The van der Waals surface area contributed by atoms with E-state index in [1.54, 1.807) is 25.2 Å². The Morgan fingerprint density at radius 2 is 1.97 bits per heavy atom. The first-order valence-electron chi connectivity index (χ1n) is 10.5. The summed E-state index contributed by atoms with van der Waals surface area (Å²) in [7, 11) is 1.67. The van der Waals surface area contributed by atoms with Crippen molar-refractivity contribution in [2.45, 2.75) is 38.5 Å². The number of guanidine groups is 1. The summed E-state index contributed by atoms with van der Waals surface area (Å²) >= 11 is 0. The van der Waals surface area contributed by atoms with Gasteiger partial charge in [-0.15, -0.1) is 0 Å². The second kappa shape index (κ2) is 8.52. The maximum absolute atomic E-state index is 13.8. The number of aliphatic imine (C=N–C) groups is 1. The van der Waals surface area contributed by atoms with Gasteiger partial charge >= 0.3 is 0 Å². The van der Waals surface area contributed by atoms with E-state index in [1.165, 1.54) is 17.2 Å². The van der Waals surface area contributed by atoms with E-state index in [9.17, 15) is 13.9 Å². The first-order chi connectivity index (χ1) is 15.2. The van der Waals surface area contributed by atoms with Crippen LogP contribution in [0.25, 0.3) is 11.1 Å². The molecule has 3 atom stereocenters. The maximum Gasteiger partial charge on any atom is 0.221 e. The molecular formula is C24H27F2N3O3. The van der Waals surface area contributed by atoms with E-state index in [-0.39, 0.29) is 24.6 Å². The third-order valence-corrected chi connectivity index (χ3v) is 5.75. The van der Waals surface area contributed by atoms with Crippen LogP contribution in [0.4, 0.5) is 8.78 Å². The van der Waals surface area contributed by atoms with Crippen molar-refractivity contribution in [3.05, 3.63) is 65.2 Å². The van der Waals surface area contributed by atoms with Gasteiger partial charge in [0, 0.05) is 32.1 Å². The Bertz CT molecular complexity index is 1060. The highest BCUT2D eigenvalue weighted by Crippen LogP contribution is 2.48. The van der Waals surface area contributed by atoms with Gasteiger partial charge in [0.25, 0.3) is 0 Å². The van der Waals surface area contributed by atoms with Crippen molar-refractivity contribution in [2.24, 2.45) is 16.6 Å². The van der Waals surface area contributed by atoms with E-state index in [1.807, 2.05) is 13.8 Å². The summed E-state index contributed by atoms with van der Waals surface area (Å²) in [5.41, 5.74) is 7.65. The molecule has 32 heavy (non-hydrogen) atoms. The Labute approximate surface area is 185 Å². The number of hydrogen-bond acceptors (Lipinski definition) is 6. The van der Waals surface area contributed by atoms with Crippen LogP contribution in [-0.4, -0.2) is 35.9 Å². The lowest BCUT2D eigenvalue weighted by molar-refractivity contribution is -0.193. The van der Waals surface area contributed by atoms with Crippen LogP contribution >= 0.6 is 0 Å². The second-order valence-corrected chi connectivity index (χ2v) is 8.49. The Kier molecular flexibility index (Phi) is 5.92. The number of hydroxylamine groups is 2. The fourth-order valence-corrected chi connectivity index (χ4v) is 4.36. The van der Waals surface area contributed by atoms with Gasteiger partial charge in [0.1, 0.15) is 23.5 Å². The van der Waals surface area contributed by atoms with Crippen molar-refractivity contribution in [3.63, 3.8) is 0 Å². The molecule has 170 valence electrons. The van der Waals surface area contributed by atoms with E-state index < -0.39 is 17.4 Å². The molecular weight excluding hydrogens is 416 g/mol. The average molecular weight is 443 g/mol. The van der Waals surface area contributed by atoms with Crippen LogP contribution < -0.4 is 10.5 Å². The number of ether oxygens (including phenoxy) is 1. The molecule has 2 aliphatic rings. The van der Waals surface area contributed by atoms with Gasteiger partial charge in [0.15, 0.2) is 0 Å². The van der Waals surface area contributed by atoms with Crippen LogP contribution in [0, 0.1) is 17.6 Å². The van der Waals surface area contributed by atoms with Gasteiger partial charge < -0.3 is 15.6 Å². The highest BCUT2D eigenvalue weighted by molar-refractivity contribution is 5.79. The van der Waals surface area contributed by atoms with Crippen molar-refractivity contribution in [1.29, 1.82) is 0 Å². The highest BCUT2D eigenvalue weighted by atomic mass is 19.1. The predicted molar refractivity (Wildman–Crippen MR) is 118 cm³/mol. The Hall–Kier alpha value is -2.97. The van der Waals surface area contributed by atoms with E-state index >= 15 is 0 Å². The van der Waals surface area contributed by atoms with Crippen LogP contribution in [0.5, 0.6) is 5.75 Å². The summed E-state index contributed by atoms with van der Waals surface area (Å²) in [6, 6.07) is 8.66. The third kappa shape index (κ3) is 4.20. The molecule has 0 aliphatic carbocycles. The summed E-state index contributed by atoms with van der Waals surface area (Å²) in [6.07, 6.45) is 2.65. The summed E-state index contributed by atoms with van der Waals surface area (Å²) in [6.45, 7) is 4.01. The predicted octanol–water partition coefficient (Wildman–Crippen LogP) is 4.09. The van der Waals surface area contributed by atoms with Crippen LogP contribution in [0.3, 0.4) is 0 Å². The Balaban J connectivity index is 1.81. The van der Waals surface area contributed by atoms with Crippen molar-refractivity contribution in [3.8, 4) is 16.9 Å². The molecule has 2 aromatic rings. The molecule has 2 aliphatic heterocycles. The first-order valence-corrected chi connectivity index (χ1v) is 10.5. The average Bonchev–Trinajstić information content (AvgIpc) is 3.00. The zero-order chi connectivity index (χ0) is 23.0. The number of aliphatic hydroxyl groups excluding tert-OH is 1. The summed E-state index contributed by atoms with van der Waals surface area (Å²) in [5, 5.41) is 11.0. The zero-order valence-electron chi connectivity index (χ0n) is 18.3. The number of rotatable bonds is 5. The topological polar surface area (TPSA) is 80.3 Å². The van der Waals surface area contributed by atoms with Crippen LogP contribution in [0.15, 0.2) is 53.0 Å². The molecule has 4 rings (SSSR count). The number of nitrogens with two attached hydrogens (primary N) is 1. The van der Waals surface area contributed by atoms with Gasteiger partial charge in [-0.3, -0.25) is 0 Å². The molecule has 2 aromatic carbocycles. The van der Waals surface area contributed by atoms with Gasteiger partial charge in [-0.1, -0.05) is 17.7 Å². The molecule has 0 saturated heterocycles. The molecule has 0 amide bonds. The third-order valence-electron chi connectivity index (χ3n) is 5.75. The van der Waals surface area contributed by atoms with Crippen LogP contribution in [-0.2, 0) is 10.6 Å². The van der Waals surface area contributed by atoms with Gasteiger partial charge in [0.05, 0.1) is 5.56 Å². The van der Waals surface area contributed by atoms with Crippen molar-refractivity contribution < 1.29 is 23.5 Å². The molecule has 0 bridgehead atoms. The molecule has 6 nitrogen and oxygen atoms in total. The Morgan fingerprint density at radius 3 is 2.56 bits per heavy atom. The molecule has 8 heteroatoms. The quantitative estimate of drug-likeness (QED) is 0.681. The van der Waals surface area contributed by atoms with Crippen LogP contribution in [0.2, 0.25) is 0 Å². The molecule has 0 radical (unpaired) electrons. The number of nitrogens with zero attached hydrogens (tertiary/aromatic N) is 2. The molecule has 1 spiro atoms. The lowest BCUT2D eigenvalue weighted by atomic mass is 9.84. The second-order valence-electron chi connectivity index (χ2n) is 8.49. The number of allylic oxidation sites excluding steroid dienone is 1. The van der Waals surface area contributed by atoms with Gasteiger partial charge in [-0.2, -0.15) is 0 Å². The molecule has 0 saturated carbocycles. The lowest BCUT2D eigenvalue weighted by Crippen LogP contribution is -2.42. The molecule has 3 N–H and O–H groups in total. The van der Waals surface area contributed by atoms with Crippen molar-refractivity contribution in [1.82, 2.24) is 5.06 Å². The van der Waals surface area contributed by atoms with E-state index in [4.69, 9.17) is 15.3 Å². The monoisotopic (exact) mass is 443 g/mol. The van der Waals surface area contributed by atoms with E-state index in [0.717, 1.165) is 11.6 Å². The normalized spacial score (nSPS) is 22.9. The maximum atomic E-state index is 13.8. The number of hydrogen-bond donors (Lipinski definition) is 2. The Morgan fingerprint density at radius 1 is 1.25 bits per heavy atom. The SMILES string of the molecule is CC(C)=CC(CCO)[C@H]1C[C@@]2(N=C(N)N(C)O2)c2cc(-c3cc(F)cc(F)c3)ccc2O1. The molecule has 0 fully saturated rings. The number of fused-ring (bicyclic) bond motifs is 2. The van der Waals surface area contributed by atoms with Crippen molar-refractivity contribution in [2.75, 3.05) is 13.7 Å². The number of halogens is 2. The fourth-order valence-electron chi connectivity index (χ4n) is 4.36. The largest absolute Gasteiger partial charge is 0.489 e.